The van der Waals surface area contributed by atoms with Crippen LogP contribution in [-0.2, 0) is 10.0 Å². The normalized spacial score (nSPS) is 12.0. The second-order valence-corrected chi connectivity index (χ2v) is 12.3. The number of benzene rings is 2. The van der Waals surface area contributed by atoms with Crippen molar-refractivity contribution < 1.29 is 22.5 Å². The zero-order valence-electron chi connectivity index (χ0n) is 20.3. The Bertz CT molecular complexity index is 1620. The number of thiophene rings is 1. The average Bonchev–Trinajstić information content (AvgIpc) is 3.54. The Morgan fingerprint density at radius 3 is 2.55 bits per heavy atom. The maximum absolute atomic E-state index is 13.7. The second-order valence-electron chi connectivity index (χ2n) is 8.11. The number of hydrazone groups is 1. The first-order chi connectivity index (χ1) is 18.1. The largest absolute Gasteiger partial charge is 0.324 e. The lowest BCUT2D eigenvalue weighted by Gasteiger charge is -2.17. The number of amides is 1. The summed E-state index contributed by atoms with van der Waals surface area (Å²) in [6, 6.07) is 12.3. The van der Waals surface area contributed by atoms with Crippen LogP contribution in [0.1, 0.15) is 35.0 Å². The summed E-state index contributed by atoms with van der Waals surface area (Å²) in [4.78, 5) is 28.8. The van der Waals surface area contributed by atoms with E-state index in [0.29, 0.717) is 21.6 Å². The highest BCUT2D eigenvalue weighted by atomic mass is 32.2. The molecule has 0 saturated carbocycles. The molecule has 10 nitrogen and oxygen atoms in total. The SMILES string of the molecule is CCCCN(C)S(=O)(=O)c1ccc(C(=O)N(/N=C/c2ccc([N+](=O)[O-])s2)c2nc3ccc(F)cc3s2)cc1. The number of hydrogen-bond donors (Lipinski definition) is 0. The van der Waals surface area contributed by atoms with Crippen molar-refractivity contribution in [1.82, 2.24) is 9.29 Å². The maximum atomic E-state index is 13.7. The van der Waals surface area contributed by atoms with Crippen LogP contribution in [0.15, 0.2) is 64.6 Å². The van der Waals surface area contributed by atoms with Crippen LogP contribution in [0.3, 0.4) is 0 Å². The molecule has 14 heteroatoms. The first kappa shape index (κ1) is 27.4. The highest BCUT2D eigenvalue weighted by Gasteiger charge is 2.24. The number of halogens is 1. The van der Waals surface area contributed by atoms with Crippen LogP contribution in [0.2, 0.25) is 0 Å². The van der Waals surface area contributed by atoms with E-state index in [9.17, 15) is 27.7 Å². The number of fused-ring (bicyclic) bond motifs is 1. The average molecular weight is 576 g/mol. The van der Waals surface area contributed by atoms with Gasteiger partial charge in [0, 0.05) is 25.2 Å². The van der Waals surface area contributed by atoms with Crippen LogP contribution in [0.5, 0.6) is 0 Å². The molecule has 0 radical (unpaired) electrons. The second kappa shape index (κ2) is 11.4. The van der Waals surface area contributed by atoms with Crippen molar-refractivity contribution >= 4 is 65.2 Å². The minimum absolute atomic E-state index is 0.0454. The number of nitrogens with zero attached hydrogens (tertiary/aromatic N) is 5. The third-order valence-corrected chi connectivity index (χ3v) is 9.28. The summed E-state index contributed by atoms with van der Waals surface area (Å²) in [5.41, 5.74) is 0.600. The molecule has 0 bridgehead atoms. The molecule has 0 aliphatic heterocycles. The van der Waals surface area contributed by atoms with Gasteiger partial charge in [0.15, 0.2) is 0 Å². The van der Waals surface area contributed by atoms with Crippen LogP contribution in [0.4, 0.5) is 14.5 Å². The number of thiazole rings is 1. The molecule has 198 valence electrons. The molecule has 2 aromatic carbocycles. The van der Waals surface area contributed by atoms with Crippen molar-refractivity contribution in [2.45, 2.75) is 24.7 Å². The number of unbranched alkanes of at least 4 members (excludes halogenated alkanes) is 1. The first-order valence-electron chi connectivity index (χ1n) is 11.4. The molecule has 0 fully saturated rings. The van der Waals surface area contributed by atoms with Gasteiger partial charge in [-0.1, -0.05) is 36.0 Å². The van der Waals surface area contributed by atoms with Gasteiger partial charge in [-0.2, -0.15) is 10.1 Å². The van der Waals surface area contributed by atoms with E-state index in [4.69, 9.17) is 0 Å². The van der Waals surface area contributed by atoms with Gasteiger partial charge < -0.3 is 0 Å². The maximum Gasteiger partial charge on any atom is 0.324 e. The molecule has 0 unspecified atom stereocenters. The van der Waals surface area contributed by atoms with Gasteiger partial charge in [0.25, 0.3) is 5.91 Å². The number of rotatable bonds is 10. The number of nitro groups is 1. The minimum atomic E-state index is -3.72. The van der Waals surface area contributed by atoms with E-state index in [1.807, 2.05) is 6.92 Å². The van der Waals surface area contributed by atoms with Gasteiger partial charge in [0.1, 0.15) is 5.82 Å². The number of carbonyl (C=O) groups is 1. The fourth-order valence-electron chi connectivity index (χ4n) is 3.36. The lowest BCUT2D eigenvalue weighted by Crippen LogP contribution is -2.28. The van der Waals surface area contributed by atoms with Gasteiger partial charge in [-0.15, -0.1) is 0 Å². The van der Waals surface area contributed by atoms with Crippen molar-refractivity contribution in [2.24, 2.45) is 5.10 Å². The predicted molar refractivity (Wildman–Crippen MR) is 146 cm³/mol. The zero-order valence-corrected chi connectivity index (χ0v) is 22.7. The number of sulfonamides is 1. The Labute approximate surface area is 225 Å². The molecule has 2 heterocycles. The number of anilines is 1. The summed E-state index contributed by atoms with van der Waals surface area (Å²) in [7, 11) is -2.21. The van der Waals surface area contributed by atoms with Crippen LogP contribution in [0, 0.1) is 15.9 Å². The number of hydrogen-bond acceptors (Lipinski definition) is 9. The molecule has 0 spiro atoms. The Balaban J connectivity index is 1.68. The summed E-state index contributed by atoms with van der Waals surface area (Å²) < 4.78 is 41.2. The Kier molecular flexibility index (Phi) is 8.26. The van der Waals surface area contributed by atoms with Crippen molar-refractivity contribution in [3.63, 3.8) is 0 Å². The van der Waals surface area contributed by atoms with Gasteiger partial charge in [-0.3, -0.25) is 14.9 Å². The van der Waals surface area contributed by atoms with E-state index in [-0.39, 0.29) is 20.6 Å². The molecule has 4 aromatic rings. The van der Waals surface area contributed by atoms with Crippen molar-refractivity contribution in [3.8, 4) is 0 Å². The molecular weight excluding hydrogens is 553 g/mol. The summed E-state index contributed by atoms with van der Waals surface area (Å²) in [6.45, 7) is 2.35. The molecule has 0 N–H and O–H groups in total. The number of aromatic nitrogens is 1. The first-order valence-corrected chi connectivity index (χ1v) is 14.4. The number of carbonyl (C=O) groups excluding carboxylic acids is 1. The smallest absolute Gasteiger partial charge is 0.267 e. The highest BCUT2D eigenvalue weighted by Crippen LogP contribution is 2.31. The van der Waals surface area contributed by atoms with E-state index in [1.165, 1.54) is 72.2 Å². The fourth-order valence-corrected chi connectivity index (χ4v) is 6.21. The van der Waals surface area contributed by atoms with Crippen molar-refractivity contribution in [1.29, 1.82) is 0 Å². The fraction of sp³-hybridized carbons (Fsp3) is 0.208. The van der Waals surface area contributed by atoms with Gasteiger partial charge in [0.2, 0.25) is 15.2 Å². The highest BCUT2D eigenvalue weighted by molar-refractivity contribution is 7.89. The Hall–Kier alpha value is -3.59. The monoisotopic (exact) mass is 575 g/mol. The Morgan fingerprint density at radius 1 is 1.16 bits per heavy atom. The third kappa shape index (κ3) is 5.93. The molecule has 1 amide bonds. The molecule has 0 atom stereocenters. The van der Waals surface area contributed by atoms with Gasteiger partial charge in [-0.25, -0.2) is 22.1 Å². The summed E-state index contributed by atoms with van der Waals surface area (Å²) in [5, 5.41) is 16.3. The zero-order chi connectivity index (χ0) is 27.4. The lowest BCUT2D eigenvalue weighted by molar-refractivity contribution is -0.380. The van der Waals surface area contributed by atoms with E-state index in [0.717, 1.165) is 40.5 Å². The summed E-state index contributed by atoms with van der Waals surface area (Å²) in [5.74, 6) is -1.07. The molecule has 0 saturated heterocycles. The molecular formula is C24H22FN5O5S3. The lowest BCUT2D eigenvalue weighted by atomic mass is 10.2. The molecule has 2 aromatic heterocycles. The van der Waals surface area contributed by atoms with Crippen LogP contribution < -0.4 is 5.01 Å². The summed E-state index contributed by atoms with van der Waals surface area (Å²) >= 11 is 1.92. The van der Waals surface area contributed by atoms with E-state index in [1.54, 1.807) is 0 Å². The van der Waals surface area contributed by atoms with Crippen LogP contribution >= 0.6 is 22.7 Å². The third-order valence-electron chi connectivity index (χ3n) is 5.44. The molecule has 38 heavy (non-hydrogen) atoms. The van der Waals surface area contributed by atoms with Crippen LogP contribution in [-0.4, -0.2) is 48.3 Å². The van der Waals surface area contributed by atoms with Crippen molar-refractivity contribution in [2.75, 3.05) is 18.6 Å². The van der Waals surface area contributed by atoms with Gasteiger partial charge >= 0.3 is 5.00 Å². The Morgan fingerprint density at radius 2 is 1.89 bits per heavy atom. The van der Waals surface area contributed by atoms with Gasteiger partial charge in [-0.05, 0) is 55.0 Å². The topological polar surface area (TPSA) is 126 Å². The van der Waals surface area contributed by atoms with E-state index in [2.05, 4.69) is 10.1 Å². The van der Waals surface area contributed by atoms with Crippen LogP contribution in [0.25, 0.3) is 10.2 Å². The predicted octanol–water partition coefficient (Wildman–Crippen LogP) is 5.51. The van der Waals surface area contributed by atoms with E-state index < -0.39 is 26.7 Å². The quantitative estimate of drug-likeness (QED) is 0.140. The minimum Gasteiger partial charge on any atom is -0.267 e. The standard InChI is InChI=1S/C24H22FN5O5S3/c1-3-4-13-28(2)38(34,35)19-9-5-16(6-10-19)23(31)29(26-15-18-8-12-22(36-18)30(32)33)24-27-20-11-7-17(25)14-21(20)37-24/h5-12,14-15H,3-4,13H2,1-2H3/b26-15+. The van der Waals surface area contributed by atoms with Gasteiger partial charge in [0.05, 0.1) is 31.1 Å². The molecule has 0 aliphatic carbocycles. The molecule has 4 rings (SSSR count). The summed E-state index contributed by atoms with van der Waals surface area (Å²) in [6.07, 6.45) is 2.86. The van der Waals surface area contributed by atoms with Crippen molar-refractivity contribution in [3.05, 3.63) is 81.0 Å². The molecule has 0 aliphatic rings. The van der Waals surface area contributed by atoms with E-state index >= 15 is 0 Å².